The van der Waals surface area contributed by atoms with E-state index in [4.69, 9.17) is 0 Å². The fourth-order valence-electron chi connectivity index (χ4n) is 1.00. The Kier molecular flexibility index (Phi) is 3.32. The first-order valence-electron chi connectivity index (χ1n) is 3.63. The Morgan fingerprint density at radius 2 is 1.93 bits per heavy atom. The number of ether oxygens (including phenoxy) is 1. The SMILES string of the molecule is COc1c(F)c(F)cc(CON)c1F. The molecule has 0 atom stereocenters. The van der Waals surface area contributed by atoms with Crippen LogP contribution in [0.25, 0.3) is 0 Å². The third-order valence-corrected chi connectivity index (χ3v) is 1.63. The molecule has 6 heteroatoms. The number of hydrogen-bond acceptors (Lipinski definition) is 3. The Morgan fingerprint density at radius 1 is 1.29 bits per heavy atom. The van der Waals surface area contributed by atoms with Gasteiger partial charge in [0.15, 0.2) is 17.4 Å². The highest BCUT2D eigenvalue weighted by Gasteiger charge is 2.19. The molecule has 0 aliphatic carbocycles. The summed E-state index contributed by atoms with van der Waals surface area (Å²) < 4.78 is 43.3. The van der Waals surface area contributed by atoms with E-state index in [1.54, 1.807) is 0 Å². The minimum atomic E-state index is -1.37. The zero-order chi connectivity index (χ0) is 10.7. The van der Waals surface area contributed by atoms with Gasteiger partial charge in [0, 0.05) is 5.56 Å². The molecular formula is C8H8F3NO2. The van der Waals surface area contributed by atoms with Crippen LogP contribution in [0.5, 0.6) is 5.75 Å². The van der Waals surface area contributed by atoms with Crippen molar-refractivity contribution in [3.05, 3.63) is 29.1 Å². The molecule has 1 rings (SSSR count). The lowest BCUT2D eigenvalue weighted by molar-refractivity contribution is 0.120. The van der Waals surface area contributed by atoms with E-state index in [0.717, 1.165) is 7.11 Å². The highest BCUT2D eigenvalue weighted by molar-refractivity contribution is 5.33. The van der Waals surface area contributed by atoms with Crippen LogP contribution in [0.4, 0.5) is 13.2 Å². The number of halogens is 3. The van der Waals surface area contributed by atoms with Gasteiger partial charge >= 0.3 is 0 Å². The fraction of sp³-hybridized carbons (Fsp3) is 0.250. The maximum absolute atomic E-state index is 13.2. The number of nitrogens with two attached hydrogens (primary N) is 1. The number of rotatable bonds is 3. The first kappa shape index (κ1) is 10.8. The van der Waals surface area contributed by atoms with Gasteiger partial charge in [-0.05, 0) is 6.07 Å². The molecule has 0 aromatic heterocycles. The van der Waals surface area contributed by atoms with Crippen LogP contribution >= 0.6 is 0 Å². The minimum Gasteiger partial charge on any atom is -0.491 e. The molecule has 0 saturated heterocycles. The maximum Gasteiger partial charge on any atom is 0.203 e. The van der Waals surface area contributed by atoms with Crippen molar-refractivity contribution in [1.29, 1.82) is 0 Å². The van der Waals surface area contributed by atoms with Crippen molar-refractivity contribution in [2.75, 3.05) is 7.11 Å². The smallest absolute Gasteiger partial charge is 0.203 e. The largest absolute Gasteiger partial charge is 0.491 e. The lowest BCUT2D eigenvalue weighted by Gasteiger charge is -2.08. The van der Waals surface area contributed by atoms with E-state index in [1.165, 1.54) is 0 Å². The lowest BCUT2D eigenvalue weighted by atomic mass is 10.2. The van der Waals surface area contributed by atoms with Gasteiger partial charge in [-0.15, -0.1) is 0 Å². The molecular weight excluding hydrogens is 199 g/mol. The Labute approximate surface area is 78.2 Å². The van der Waals surface area contributed by atoms with Crippen molar-refractivity contribution >= 4 is 0 Å². The molecule has 0 bridgehead atoms. The molecule has 0 radical (unpaired) electrons. The summed E-state index contributed by atoms with van der Waals surface area (Å²) in [5, 5.41) is 0. The molecule has 0 aliphatic rings. The van der Waals surface area contributed by atoms with Gasteiger partial charge in [-0.1, -0.05) is 0 Å². The maximum atomic E-state index is 13.2. The van der Waals surface area contributed by atoms with Gasteiger partial charge in [0.25, 0.3) is 0 Å². The van der Waals surface area contributed by atoms with Gasteiger partial charge < -0.3 is 4.74 Å². The molecule has 0 saturated carbocycles. The third kappa shape index (κ3) is 1.80. The monoisotopic (exact) mass is 207 g/mol. The number of hydrogen-bond donors (Lipinski definition) is 1. The lowest BCUT2D eigenvalue weighted by Crippen LogP contribution is -2.05. The molecule has 0 heterocycles. The summed E-state index contributed by atoms with van der Waals surface area (Å²) in [7, 11) is 1.04. The predicted octanol–water partition coefficient (Wildman–Crippen LogP) is 1.50. The van der Waals surface area contributed by atoms with Crippen LogP contribution < -0.4 is 10.6 Å². The predicted molar refractivity (Wildman–Crippen MR) is 41.8 cm³/mol. The second-order valence-electron chi connectivity index (χ2n) is 2.49. The van der Waals surface area contributed by atoms with Crippen molar-refractivity contribution in [3.63, 3.8) is 0 Å². The zero-order valence-electron chi connectivity index (χ0n) is 7.31. The molecule has 1 aromatic rings. The van der Waals surface area contributed by atoms with Crippen LogP contribution in [0.3, 0.4) is 0 Å². The molecule has 0 unspecified atom stereocenters. The summed E-state index contributed by atoms with van der Waals surface area (Å²) in [4.78, 5) is 4.12. The van der Waals surface area contributed by atoms with Crippen molar-refractivity contribution in [3.8, 4) is 5.75 Å². The van der Waals surface area contributed by atoms with Crippen LogP contribution in [-0.2, 0) is 11.4 Å². The summed E-state index contributed by atoms with van der Waals surface area (Å²) in [5.74, 6) is 0.306. The average Bonchev–Trinajstić information content (AvgIpc) is 2.16. The van der Waals surface area contributed by atoms with Crippen LogP contribution in [0.2, 0.25) is 0 Å². The van der Waals surface area contributed by atoms with E-state index in [0.29, 0.717) is 6.07 Å². The van der Waals surface area contributed by atoms with E-state index in [2.05, 4.69) is 15.5 Å². The topological polar surface area (TPSA) is 44.5 Å². The van der Waals surface area contributed by atoms with Crippen LogP contribution in [0, 0.1) is 17.5 Å². The van der Waals surface area contributed by atoms with Crippen molar-refractivity contribution in [1.82, 2.24) is 0 Å². The summed E-state index contributed by atoms with van der Waals surface area (Å²) in [6, 6.07) is 0.667. The van der Waals surface area contributed by atoms with Crippen LogP contribution in [0.1, 0.15) is 5.56 Å². The second kappa shape index (κ2) is 4.30. The van der Waals surface area contributed by atoms with Crippen molar-refractivity contribution in [2.24, 2.45) is 5.90 Å². The average molecular weight is 207 g/mol. The minimum absolute atomic E-state index is 0.205. The van der Waals surface area contributed by atoms with Crippen molar-refractivity contribution in [2.45, 2.75) is 6.61 Å². The quantitative estimate of drug-likeness (QED) is 0.603. The van der Waals surface area contributed by atoms with Gasteiger partial charge in [-0.25, -0.2) is 14.7 Å². The molecule has 0 spiro atoms. The molecule has 1 aromatic carbocycles. The zero-order valence-corrected chi connectivity index (χ0v) is 7.31. The highest BCUT2D eigenvalue weighted by Crippen LogP contribution is 2.26. The Balaban J connectivity index is 3.27. The second-order valence-corrected chi connectivity index (χ2v) is 2.49. The first-order chi connectivity index (χ1) is 6.61. The van der Waals surface area contributed by atoms with Crippen molar-refractivity contribution < 1.29 is 22.7 Å². The molecule has 0 aliphatic heterocycles. The molecule has 78 valence electrons. The van der Waals surface area contributed by atoms with Gasteiger partial charge in [0.05, 0.1) is 13.7 Å². The highest BCUT2D eigenvalue weighted by atomic mass is 19.2. The van der Waals surface area contributed by atoms with Crippen LogP contribution in [-0.4, -0.2) is 7.11 Å². The Hall–Kier alpha value is -1.27. The van der Waals surface area contributed by atoms with E-state index in [-0.39, 0.29) is 12.2 Å². The standard InChI is InChI=1S/C8H8F3NO2/c1-13-8-6(10)4(3-14-12)2-5(9)7(8)11/h2H,3,12H2,1H3. The molecule has 14 heavy (non-hydrogen) atoms. The first-order valence-corrected chi connectivity index (χ1v) is 3.63. The molecule has 0 fully saturated rings. The number of methoxy groups -OCH3 is 1. The van der Waals surface area contributed by atoms with Gasteiger partial charge in [0.2, 0.25) is 5.82 Å². The van der Waals surface area contributed by atoms with Gasteiger partial charge in [-0.3, -0.25) is 4.84 Å². The summed E-state index contributed by atoms with van der Waals surface area (Å²) in [5.41, 5.74) is -0.205. The van der Waals surface area contributed by atoms with Gasteiger partial charge in [0.1, 0.15) is 0 Å². The normalized spacial score (nSPS) is 10.4. The molecule has 3 nitrogen and oxygen atoms in total. The van der Waals surface area contributed by atoms with Gasteiger partial charge in [-0.2, -0.15) is 4.39 Å². The summed E-state index contributed by atoms with van der Waals surface area (Å²) >= 11 is 0. The molecule has 0 amide bonds. The van der Waals surface area contributed by atoms with E-state index in [1.807, 2.05) is 0 Å². The third-order valence-electron chi connectivity index (χ3n) is 1.63. The fourth-order valence-corrected chi connectivity index (χ4v) is 1.00. The summed E-state index contributed by atoms with van der Waals surface area (Å²) in [6.45, 7) is -0.362. The Morgan fingerprint density at radius 3 is 2.43 bits per heavy atom. The number of benzene rings is 1. The summed E-state index contributed by atoms with van der Waals surface area (Å²) in [6.07, 6.45) is 0. The van der Waals surface area contributed by atoms with Crippen LogP contribution in [0.15, 0.2) is 6.07 Å². The molecule has 2 N–H and O–H groups in total. The van der Waals surface area contributed by atoms with E-state index < -0.39 is 23.2 Å². The Bertz CT molecular complexity index is 344. The van der Waals surface area contributed by atoms with E-state index >= 15 is 0 Å². The van der Waals surface area contributed by atoms with E-state index in [9.17, 15) is 13.2 Å².